The lowest BCUT2D eigenvalue weighted by molar-refractivity contribution is -0.120. The topological polar surface area (TPSA) is 126 Å². The second-order valence-corrected chi connectivity index (χ2v) is 10.3. The van der Waals surface area contributed by atoms with Gasteiger partial charge < -0.3 is 16.0 Å². The molecule has 3 amide bonds. The van der Waals surface area contributed by atoms with Crippen LogP contribution in [-0.4, -0.2) is 32.7 Å². The first kappa shape index (κ1) is 27.7. The predicted octanol–water partition coefficient (Wildman–Crippen LogP) is 4.58. The summed E-state index contributed by atoms with van der Waals surface area (Å²) in [5.74, 6) is 2.16. The van der Waals surface area contributed by atoms with Gasteiger partial charge in [0.25, 0.3) is 0 Å². The summed E-state index contributed by atoms with van der Waals surface area (Å²) in [5, 5.41) is 8.13. The Bertz CT molecular complexity index is 1320. The zero-order valence-corrected chi connectivity index (χ0v) is 24.1. The molecule has 3 aromatic rings. The first-order chi connectivity index (χ1) is 16.5. The fourth-order valence-electron chi connectivity index (χ4n) is 3.84. The van der Waals surface area contributed by atoms with E-state index in [2.05, 4.69) is 46.8 Å². The van der Waals surface area contributed by atoms with Crippen molar-refractivity contribution >= 4 is 75.1 Å². The van der Waals surface area contributed by atoms with Gasteiger partial charge in [0.2, 0.25) is 17.7 Å². The normalized spacial score (nSPS) is 16.9. The van der Waals surface area contributed by atoms with Crippen molar-refractivity contribution in [1.29, 1.82) is 0 Å². The van der Waals surface area contributed by atoms with E-state index in [1.54, 1.807) is 18.6 Å². The fourth-order valence-corrected chi connectivity index (χ4v) is 4.17. The molecule has 0 unspecified atom stereocenters. The van der Waals surface area contributed by atoms with Crippen molar-refractivity contribution in [3.63, 3.8) is 0 Å². The lowest BCUT2D eigenvalue weighted by Gasteiger charge is -2.14. The van der Waals surface area contributed by atoms with E-state index in [0.29, 0.717) is 23.9 Å². The molecule has 0 atom stereocenters. The molecule has 0 saturated heterocycles. The van der Waals surface area contributed by atoms with Gasteiger partial charge in [0, 0.05) is 39.8 Å². The maximum atomic E-state index is 11.5. The van der Waals surface area contributed by atoms with Gasteiger partial charge >= 0.3 is 0 Å². The summed E-state index contributed by atoms with van der Waals surface area (Å²) in [4.78, 5) is 45.8. The molecular weight excluding hydrogens is 639 g/mol. The van der Waals surface area contributed by atoms with Crippen LogP contribution in [0.4, 0.5) is 17.5 Å². The second-order valence-electron chi connectivity index (χ2n) is 9.34. The van der Waals surface area contributed by atoms with E-state index in [0.717, 1.165) is 21.2 Å². The molecule has 0 fully saturated rings. The van der Waals surface area contributed by atoms with E-state index in [-0.39, 0.29) is 41.7 Å². The van der Waals surface area contributed by atoms with Crippen molar-refractivity contribution in [2.45, 2.75) is 44.9 Å². The number of pyridine rings is 3. The Balaban J connectivity index is 0.000000149. The lowest BCUT2D eigenvalue weighted by atomic mass is 9.87. The molecule has 3 aliphatic rings. The number of aromatic nitrogens is 3. The zero-order chi connectivity index (χ0) is 25.4. The summed E-state index contributed by atoms with van der Waals surface area (Å²) in [6.07, 6.45) is 5.51. The molecule has 3 aliphatic heterocycles. The average Bonchev–Trinajstić information content (AvgIpc) is 3.38. The van der Waals surface area contributed by atoms with E-state index < -0.39 is 10.8 Å². The van der Waals surface area contributed by atoms with Gasteiger partial charge in [0.15, 0.2) is 0 Å². The Morgan fingerprint density at radius 1 is 0.778 bits per heavy atom. The van der Waals surface area contributed by atoms with Crippen LogP contribution in [-0.2, 0) is 31.6 Å². The number of nitrogens with zero attached hydrogens (tertiary/aromatic N) is 3. The standard InChI is InChI=1S/C9H9BrN2O.C9H10N2O.C7H6N2O.HI/c1-9(2)6-3-5(10)4-11-7(6)12-8(9)13;1-9(2)6-4-3-5-10-7(6)11-8(9)12;10-6-4-5-2-1-3-8-7(5)9-6;/h3-4H,1-2H3,(H,11,12,13);3-5H,1-2H3,(H,10,11,12);1-3H,4H2,(H,8,9,10);1H. The Hall–Kier alpha value is -2.93. The SMILES string of the molecule is CC1(C)C(=O)Nc2ncc(Br)cc21.CC1(C)C(=O)Nc2ncccc21.I.O=C1Cc2cccnc2N1. The number of rotatable bonds is 0. The zero-order valence-electron chi connectivity index (χ0n) is 20.2. The minimum atomic E-state index is -0.466. The number of carbonyl (C=O) groups is 3. The Morgan fingerprint density at radius 3 is 1.94 bits per heavy atom. The third-order valence-electron chi connectivity index (χ3n) is 6.11. The molecule has 6 rings (SSSR count). The van der Waals surface area contributed by atoms with Crippen LogP contribution in [0.5, 0.6) is 0 Å². The molecule has 36 heavy (non-hydrogen) atoms. The number of fused-ring (bicyclic) bond motifs is 3. The van der Waals surface area contributed by atoms with Crippen LogP contribution >= 0.6 is 39.9 Å². The van der Waals surface area contributed by atoms with Crippen LogP contribution in [0.15, 0.2) is 53.4 Å². The highest BCUT2D eigenvalue weighted by atomic mass is 127. The summed E-state index contributed by atoms with van der Waals surface area (Å²) in [5.41, 5.74) is 2.03. The van der Waals surface area contributed by atoms with E-state index in [4.69, 9.17) is 0 Å². The van der Waals surface area contributed by atoms with Crippen LogP contribution in [0.1, 0.15) is 44.4 Å². The highest BCUT2D eigenvalue weighted by Gasteiger charge is 2.39. The molecule has 0 aliphatic carbocycles. The molecule has 188 valence electrons. The van der Waals surface area contributed by atoms with Crippen LogP contribution < -0.4 is 16.0 Å². The highest BCUT2D eigenvalue weighted by Crippen LogP contribution is 2.37. The van der Waals surface area contributed by atoms with Gasteiger partial charge in [-0.1, -0.05) is 12.1 Å². The average molecular weight is 665 g/mol. The van der Waals surface area contributed by atoms with Crippen molar-refractivity contribution < 1.29 is 14.4 Å². The molecule has 0 aromatic carbocycles. The van der Waals surface area contributed by atoms with Gasteiger partial charge in [-0.25, -0.2) is 15.0 Å². The van der Waals surface area contributed by atoms with Gasteiger partial charge in [-0.2, -0.15) is 0 Å². The summed E-state index contributed by atoms with van der Waals surface area (Å²) in [6, 6.07) is 9.45. The summed E-state index contributed by atoms with van der Waals surface area (Å²) < 4.78 is 0.899. The second kappa shape index (κ2) is 10.6. The molecule has 11 heteroatoms. The van der Waals surface area contributed by atoms with E-state index in [1.807, 2.05) is 58.0 Å². The van der Waals surface area contributed by atoms with Crippen LogP contribution in [0.2, 0.25) is 0 Å². The monoisotopic (exact) mass is 664 g/mol. The van der Waals surface area contributed by atoms with Gasteiger partial charge in [-0.05, 0) is 61.8 Å². The molecule has 9 nitrogen and oxygen atoms in total. The number of hydrogen-bond acceptors (Lipinski definition) is 6. The van der Waals surface area contributed by atoms with Gasteiger partial charge in [-0.15, -0.1) is 24.0 Å². The number of halogens is 2. The van der Waals surface area contributed by atoms with Gasteiger partial charge in [0.1, 0.15) is 17.5 Å². The van der Waals surface area contributed by atoms with Crippen molar-refractivity contribution in [3.05, 3.63) is 70.1 Å². The maximum absolute atomic E-state index is 11.5. The summed E-state index contributed by atoms with van der Waals surface area (Å²) in [6.45, 7) is 7.58. The fraction of sp³-hybridized carbons (Fsp3) is 0.280. The molecular formula is C25H26BrIN6O3. The maximum Gasteiger partial charge on any atom is 0.235 e. The summed E-state index contributed by atoms with van der Waals surface area (Å²) >= 11 is 3.33. The van der Waals surface area contributed by atoms with Crippen molar-refractivity contribution in [1.82, 2.24) is 15.0 Å². The van der Waals surface area contributed by atoms with Crippen LogP contribution in [0, 0.1) is 0 Å². The number of anilines is 3. The molecule has 0 radical (unpaired) electrons. The first-order valence-corrected chi connectivity index (χ1v) is 11.8. The molecule has 3 N–H and O–H groups in total. The molecule has 3 aromatic heterocycles. The molecule has 0 saturated carbocycles. The largest absolute Gasteiger partial charge is 0.310 e. The number of hydrogen-bond donors (Lipinski definition) is 3. The van der Waals surface area contributed by atoms with Crippen molar-refractivity contribution in [3.8, 4) is 0 Å². The smallest absolute Gasteiger partial charge is 0.235 e. The van der Waals surface area contributed by atoms with E-state index >= 15 is 0 Å². The minimum Gasteiger partial charge on any atom is -0.310 e. The Kier molecular flexibility index (Phi) is 8.13. The Morgan fingerprint density at radius 2 is 1.33 bits per heavy atom. The third kappa shape index (κ3) is 5.41. The van der Waals surface area contributed by atoms with Gasteiger partial charge in [0.05, 0.1) is 17.3 Å². The summed E-state index contributed by atoms with van der Waals surface area (Å²) in [7, 11) is 0. The molecule has 0 spiro atoms. The highest BCUT2D eigenvalue weighted by molar-refractivity contribution is 14.0. The number of nitrogens with one attached hydrogen (secondary N) is 3. The Labute approximate surface area is 234 Å². The molecule has 0 bridgehead atoms. The van der Waals surface area contributed by atoms with Crippen LogP contribution in [0.3, 0.4) is 0 Å². The van der Waals surface area contributed by atoms with Gasteiger partial charge in [-0.3, -0.25) is 14.4 Å². The quantitative estimate of drug-likeness (QED) is 0.302. The predicted molar refractivity (Wildman–Crippen MR) is 151 cm³/mol. The number of amides is 3. The molecule has 6 heterocycles. The first-order valence-electron chi connectivity index (χ1n) is 11.0. The number of carbonyl (C=O) groups excluding carboxylic acids is 3. The van der Waals surface area contributed by atoms with E-state index in [1.165, 1.54) is 0 Å². The lowest BCUT2D eigenvalue weighted by Crippen LogP contribution is -2.26. The van der Waals surface area contributed by atoms with Crippen LogP contribution in [0.25, 0.3) is 0 Å². The third-order valence-corrected chi connectivity index (χ3v) is 6.54. The minimum absolute atomic E-state index is 0. The van der Waals surface area contributed by atoms with Crippen molar-refractivity contribution in [2.24, 2.45) is 0 Å². The van der Waals surface area contributed by atoms with E-state index in [9.17, 15) is 14.4 Å². The van der Waals surface area contributed by atoms with Crippen molar-refractivity contribution in [2.75, 3.05) is 16.0 Å².